The number of carbonyl (C=O) groups is 1. The Morgan fingerprint density at radius 1 is 1.22 bits per heavy atom. The molecule has 0 radical (unpaired) electrons. The molecule has 2 heterocycles. The van der Waals surface area contributed by atoms with E-state index in [1.54, 1.807) is 6.92 Å². The summed E-state index contributed by atoms with van der Waals surface area (Å²) in [6, 6.07) is 11.8. The van der Waals surface area contributed by atoms with Gasteiger partial charge in [-0.2, -0.15) is 0 Å². The van der Waals surface area contributed by atoms with E-state index in [9.17, 15) is 4.79 Å². The van der Waals surface area contributed by atoms with Gasteiger partial charge >= 0.3 is 0 Å². The van der Waals surface area contributed by atoms with Gasteiger partial charge in [-0.1, -0.05) is 0 Å². The lowest BCUT2D eigenvalue weighted by molar-refractivity contribution is 0.101. The number of hydrogen-bond acceptors (Lipinski definition) is 3. The fourth-order valence-corrected chi connectivity index (χ4v) is 3.26. The Morgan fingerprint density at radius 2 is 1.91 bits per heavy atom. The molecule has 1 saturated heterocycles. The van der Waals surface area contributed by atoms with E-state index in [0.29, 0.717) is 11.6 Å². The minimum Gasteiger partial charge on any atom is -0.342 e. The van der Waals surface area contributed by atoms with Gasteiger partial charge in [-0.15, -0.1) is 0 Å². The number of likely N-dealkylation sites (tertiary alicyclic amines) is 1. The Hall–Kier alpha value is -2.27. The van der Waals surface area contributed by atoms with E-state index >= 15 is 0 Å². The van der Waals surface area contributed by atoms with Gasteiger partial charge in [0.15, 0.2) is 10.9 Å². The normalized spacial score (nSPS) is 17.1. The van der Waals surface area contributed by atoms with Gasteiger partial charge in [-0.25, -0.2) is 0 Å². The molecule has 4 nitrogen and oxygen atoms in total. The maximum absolute atomic E-state index is 11.3. The molecule has 0 amide bonds. The molecule has 0 spiro atoms. The predicted molar refractivity (Wildman–Crippen MR) is 95.6 cm³/mol. The van der Waals surface area contributed by atoms with Crippen molar-refractivity contribution in [2.24, 2.45) is 0 Å². The highest BCUT2D eigenvalue weighted by Crippen LogP contribution is 2.32. The van der Waals surface area contributed by atoms with E-state index in [-0.39, 0.29) is 5.78 Å². The van der Waals surface area contributed by atoms with Crippen molar-refractivity contribution in [2.75, 3.05) is 11.9 Å². The minimum atomic E-state index is 0.0661. The highest BCUT2D eigenvalue weighted by molar-refractivity contribution is 7.80. The van der Waals surface area contributed by atoms with Gasteiger partial charge < -0.3 is 10.2 Å². The van der Waals surface area contributed by atoms with Crippen molar-refractivity contribution in [2.45, 2.75) is 25.8 Å². The molecule has 1 atom stereocenters. The van der Waals surface area contributed by atoms with Gasteiger partial charge in [-0.05, 0) is 73.9 Å². The molecule has 0 unspecified atom stereocenters. The van der Waals surface area contributed by atoms with Crippen LogP contribution in [0.5, 0.6) is 0 Å². The van der Waals surface area contributed by atoms with Crippen LogP contribution in [0, 0.1) is 0 Å². The van der Waals surface area contributed by atoms with Crippen LogP contribution in [0.2, 0.25) is 0 Å². The third kappa shape index (κ3) is 3.56. The van der Waals surface area contributed by atoms with E-state index in [2.05, 4.69) is 15.2 Å². The number of hydrogen-bond donors (Lipinski definition) is 1. The molecule has 2 aromatic rings. The summed E-state index contributed by atoms with van der Waals surface area (Å²) in [5, 5.41) is 4.00. The summed E-state index contributed by atoms with van der Waals surface area (Å²) in [5.41, 5.74) is 2.85. The Balaban J connectivity index is 1.71. The van der Waals surface area contributed by atoms with Gasteiger partial charge in [0.1, 0.15) is 0 Å². The molecule has 0 saturated carbocycles. The maximum Gasteiger partial charge on any atom is 0.173 e. The molecule has 1 aliphatic heterocycles. The monoisotopic (exact) mass is 325 g/mol. The molecule has 3 rings (SSSR count). The number of Topliss-reactive ketones (excluding diaryl/α,β-unsaturated/α-hetero) is 1. The van der Waals surface area contributed by atoms with E-state index in [1.165, 1.54) is 5.56 Å². The SMILES string of the molecule is CC(=O)c1ccc(NC(=S)N2CCC[C@H]2c2ccncc2)cc1. The van der Waals surface area contributed by atoms with Crippen LogP contribution in [0.15, 0.2) is 48.8 Å². The number of anilines is 1. The number of aromatic nitrogens is 1. The standard InChI is InChI=1S/C18H19N3OS/c1-13(22)14-4-6-16(7-5-14)20-18(23)21-12-2-3-17(21)15-8-10-19-11-9-15/h4-11,17H,2-3,12H2,1H3,(H,20,23)/t17-/m0/s1. The summed E-state index contributed by atoms with van der Waals surface area (Å²) in [7, 11) is 0. The summed E-state index contributed by atoms with van der Waals surface area (Å²) in [5.74, 6) is 0.0661. The summed E-state index contributed by atoms with van der Waals surface area (Å²) < 4.78 is 0. The average Bonchev–Trinajstić information content (AvgIpc) is 3.06. The van der Waals surface area contributed by atoms with Crippen LogP contribution < -0.4 is 5.32 Å². The zero-order valence-electron chi connectivity index (χ0n) is 13.0. The second kappa shape index (κ2) is 6.87. The number of ketones is 1. The molecule has 1 aliphatic rings. The van der Waals surface area contributed by atoms with Crippen LogP contribution in [0.1, 0.15) is 41.7 Å². The molecular weight excluding hydrogens is 306 g/mol. The minimum absolute atomic E-state index is 0.0661. The van der Waals surface area contributed by atoms with Crippen molar-refractivity contribution < 1.29 is 4.79 Å². The third-order valence-corrected chi connectivity index (χ3v) is 4.48. The Bertz CT molecular complexity index is 700. The van der Waals surface area contributed by atoms with Crippen LogP contribution >= 0.6 is 12.2 Å². The lowest BCUT2D eigenvalue weighted by Gasteiger charge is -2.28. The number of rotatable bonds is 3. The van der Waals surface area contributed by atoms with Crippen molar-refractivity contribution in [3.05, 3.63) is 59.9 Å². The average molecular weight is 325 g/mol. The van der Waals surface area contributed by atoms with Crippen LogP contribution in [0.3, 0.4) is 0 Å². The van der Waals surface area contributed by atoms with E-state index in [4.69, 9.17) is 12.2 Å². The molecule has 0 bridgehead atoms. The van der Waals surface area contributed by atoms with Crippen molar-refractivity contribution in [1.29, 1.82) is 0 Å². The highest BCUT2D eigenvalue weighted by atomic mass is 32.1. The molecule has 5 heteroatoms. The topological polar surface area (TPSA) is 45.2 Å². The number of nitrogens with one attached hydrogen (secondary N) is 1. The van der Waals surface area contributed by atoms with E-state index in [0.717, 1.165) is 30.2 Å². The third-order valence-electron chi connectivity index (χ3n) is 4.15. The lowest BCUT2D eigenvalue weighted by Crippen LogP contribution is -2.34. The molecule has 0 aliphatic carbocycles. The zero-order chi connectivity index (χ0) is 16.2. The number of pyridine rings is 1. The Labute approximate surface area is 141 Å². The van der Waals surface area contributed by atoms with Gasteiger partial charge in [0.05, 0.1) is 6.04 Å². The van der Waals surface area contributed by atoms with Gasteiger partial charge in [0.2, 0.25) is 0 Å². The second-order valence-corrected chi connectivity index (χ2v) is 6.08. The quantitative estimate of drug-likeness (QED) is 0.686. The number of carbonyl (C=O) groups excluding carboxylic acids is 1. The Kier molecular flexibility index (Phi) is 4.67. The lowest BCUT2D eigenvalue weighted by atomic mass is 10.1. The van der Waals surface area contributed by atoms with Crippen molar-refractivity contribution in [3.63, 3.8) is 0 Å². The highest BCUT2D eigenvalue weighted by Gasteiger charge is 2.27. The first-order valence-corrected chi connectivity index (χ1v) is 8.14. The Morgan fingerprint density at radius 3 is 2.57 bits per heavy atom. The first kappa shape index (κ1) is 15.6. The van der Waals surface area contributed by atoms with Crippen LogP contribution in [0.25, 0.3) is 0 Å². The summed E-state index contributed by atoms with van der Waals surface area (Å²) in [6.07, 6.45) is 5.86. The molecule has 23 heavy (non-hydrogen) atoms. The van der Waals surface area contributed by atoms with Crippen LogP contribution in [-0.4, -0.2) is 27.3 Å². The van der Waals surface area contributed by atoms with Gasteiger partial charge in [-0.3, -0.25) is 9.78 Å². The smallest absolute Gasteiger partial charge is 0.173 e. The summed E-state index contributed by atoms with van der Waals surface area (Å²) in [6.45, 7) is 2.51. The van der Waals surface area contributed by atoms with Crippen molar-refractivity contribution in [3.8, 4) is 0 Å². The van der Waals surface area contributed by atoms with Crippen molar-refractivity contribution >= 4 is 28.8 Å². The summed E-state index contributed by atoms with van der Waals surface area (Å²) in [4.78, 5) is 17.6. The maximum atomic E-state index is 11.3. The zero-order valence-corrected chi connectivity index (χ0v) is 13.8. The van der Waals surface area contributed by atoms with Crippen molar-refractivity contribution in [1.82, 2.24) is 9.88 Å². The first-order chi connectivity index (χ1) is 11.1. The predicted octanol–water partition coefficient (Wildman–Crippen LogP) is 3.82. The molecule has 118 valence electrons. The molecule has 1 fully saturated rings. The first-order valence-electron chi connectivity index (χ1n) is 7.73. The largest absolute Gasteiger partial charge is 0.342 e. The fraction of sp³-hybridized carbons (Fsp3) is 0.278. The summed E-state index contributed by atoms with van der Waals surface area (Å²) >= 11 is 5.59. The number of thiocarbonyl (C=S) groups is 1. The van der Waals surface area contributed by atoms with Crippen LogP contribution in [-0.2, 0) is 0 Å². The molecular formula is C18H19N3OS. The van der Waals surface area contributed by atoms with Gasteiger partial charge in [0.25, 0.3) is 0 Å². The molecule has 1 aromatic carbocycles. The van der Waals surface area contributed by atoms with E-state index < -0.39 is 0 Å². The molecule has 1 N–H and O–H groups in total. The molecule has 1 aromatic heterocycles. The second-order valence-electron chi connectivity index (χ2n) is 5.70. The van der Waals surface area contributed by atoms with Crippen LogP contribution in [0.4, 0.5) is 5.69 Å². The van der Waals surface area contributed by atoms with E-state index in [1.807, 2.05) is 48.8 Å². The number of benzene rings is 1. The fourth-order valence-electron chi connectivity index (χ4n) is 2.93. The number of nitrogens with zero attached hydrogens (tertiary/aromatic N) is 2. The van der Waals surface area contributed by atoms with Gasteiger partial charge in [0, 0.05) is 30.2 Å².